The summed E-state index contributed by atoms with van der Waals surface area (Å²) < 4.78 is 0.966. The normalized spacial score (nSPS) is 9.42. The summed E-state index contributed by atoms with van der Waals surface area (Å²) in [6.07, 6.45) is 1.24. The molecule has 62 valence electrons. The zero-order chi connectivity index (χ0) is 8.97. The molecule has 0 unspecified atom stereocenters. The molecule has 0 atom stereocenters. The highest BCUT2D eigenvalue weighted by atomic mass is 79.9. The molecule has 1 aromatic rings. The Balaban J connectivity index is 2.81. The van der Waals surface area contributed by atoms with E-state index in [-0.39, 0.29) is 0 Å². The molecule has 0 fully saturated rings. The lowest BCUT2D eigenvalue weighted by atomic mass is 10.1. The number of nitriles is 1. The first kappa shape index (κ1) is 9.57. The van der Waals surface area contributed by atoms with Gasteiger partial charge in [-0.3, -0.25) is 0 Å². The number of hydrogen-bond donors (Lipinski definition) is 0. The molecule has 1 aromatic carbocycles. The van der Waals surface area contributed by atoms with Crippen LogP contribution in [0.15, 0.2) is 22.7 Å². The first-order valence-corrected chi connectivity index (χ1v) is 4.72. The van der Waals surface area contributed by atoms with Crippen LogP contribution in [0.1, 0.15) is 12.0 Å². The Kier molecular flexibility index (Phi) is 3.58. The lowest BCUT2D eigenvalue weighted by molar-refractivity contribution is 1.01. The van der Waals surface area contributed by atoms with Crippen molar-refractivity contribution in [1.82, 2.24) is 0 Å². The van der Waals surface area contributed by atoms with E-state index in [2.05, 4.69) is 22.0 Å². The Labute approximate surface area is 85.1 Å². The third-order valence-electron chi connectivity index (χ3n) is 1.52. The van der Waals surface area contributed by atoms with Crippen LogP contribution in [0.4, 0.5) is 0 Å². The number of aryl methyl sites for hydroxylation is 1. The zero-order valence-electron chi connectivity index (χ0n) is 6.35. The molecule has 0 aliphatic heterocycles. The highest BCUT2D eigenvalue weighted by Gasteiger charge is 1.99. The van der Waals surface area contributed by atoms with Gasteiger partial charge in [0.05, 0.1) is 6.07 Å². The molecule has 1 rings (SSSR count). The Bertz CT molecular complexity index is 317. The Hall–Kier alpha value is -0.520. The summed E-state index contributed by atoms with van der Waals surface area (Å²) in [7, 11) is 0. The second-order valence-electron chi connectivity index (χ2n) is 2.39. The second kappa shape index (κ2) is 4.49. The highest BCUT2D eigenvalue weighted by Crippen LogP contribution is 2.22. The van der Waals surface area contributed by atoms with E-state index in [1.807, 2.05) is 18.2 Å². The van der Waals surface area contributed by atoms with Crippen molar-refractivity contribution in [3.8, 4) is 6.07 Å². The Morgan fingerprint density at radius 1 is 1.50 bits per heavy atom. The molecular weight excluding hydrogens is 237 g/mol. The molecule has 0 radical (unpaired) electrons. The van der Waals surface area contributed by atoms with Gasteiger partial charge in [0.1, 0.15) is 0 Å². The number of halogens is 2. The van der Waals surface area contributed by atoms with Crippen molar-refractivity contribution in [1.29, 1.82) is 5.26 Å². The van der Waals surface area contributed by atoms with Gasteiger partial charge < -0.3 is 0 Å². The molecule has 0 spiro atoms. The van der Waals surface area contributed by atoms with Gasteiger partial charge in [-0.05, 0) is 24.1 Å². The lowest BCUT2D eigenvalue weighted by Crippen LogP contribution is -1.84. The quantitative estimate of drug-likeness (QED) is 0.780. The zero-order valence-corrected chi connectivity index (χ0v) is 8.69. The molecule has 0 aromatic heterocycles. The minimum atomic E-state index is 0.515. The van der Waals surface area contributed by atoms with Gasteiger partial charge in [-0.25, -0.2) is 0 Å². The standard InChI is InChI=1S/C9H7BrClN/c10-8-4-3-7(2-1-5-12)9(11)6-8/h3-4,6H,1-2H2. The van der Waals surface area contributed by atoms with E-state index in [4.69, 9.17) is 16.9 Å². The molecular formula is C9H7BrClN. The molecule has 0 saturated heterocycles. The van der Waals surface area contributed by atoms with Crippen LogP contribution in [0.3, 0.4) is 0 Å². The summed E-state index contributed by atoms with van der Waals surface area (Å²) in [5.74, 6) is 0. The summed E-state index contributed by atoms with van der Waals surface area (Å²) in [4.78, 5) is 0. The van der Waals surface area contributed by atoms with E-state index in [1.54, 1.807) is 0 Å². The maximum Gasteiger partial charge on any atom is 0.0625 e. The van der Waals surface area contributed by atoms with Crippen LogP contribution < -0.4 is 0 Å². The molecule has 0 heterocycles. The van der Waals surface area contributed by atoms with E-state index >= 15 is 0 Å². The number of hydrogen-bond acceptors (Lipinski definition) is 1. The van der Waals surface area contributed by atoms with Crippen molar-refractivity contribution in [2.24, 2.45) is 0 Å². The van der Waals surface area contributed by atoms with Crippen molar-refractivity contribution in [2.75, 3.05) is 0 Å². The van der Waals surface area contributed by atoms with Crippen molar-refractivity contribution in [2.45, 2.75) is 12.8 Å². The van der Waals surface area contributed by atoms with Gasteiger partial charge in [0.15, 0.2) is 0 Å². The van der Waals surface area contributed by atoms with Gasteiger partial charge in [0.25, 0.3) is 0 Å². The molecule has 3 heteroatoms. The van der Waals surface area contributed by atoms with Crippen LogP contribution in [0.25, 0.3) is 0 Å². The molecule has 0 saturated carbocycles. The molecule has 0 aliphatic rings. The third-order valence-corrected chi connectivity index (χ3v) is 2.37. The average Bonchev–Trinajstić information content (AvgIpc) is 2.03. The van der Waals surface area contributed by atoms with Crippen LogP contribution in [0.5, 0.6) is 0 Å². The average molecular weight is 245 g/mol. The largest absolute Gasteiger partial charge is 0.198 e. The molecule has 0 aliphatic carbocycles. The maximum absolute atomic E-state index is 8.37. The third kappa shape index (κ3) is 2.51. The van der Waals surface area contributed by atoms with Gasteiger partial charge in [0.2, 0.25) is 0 Å². The van der Waals surface area contributed by atoms with E-state index in [1.165, 1.54) is 0 Å². The fourth-order valence-corrected chi connectivity index (χ4v) is 1.68. The fraction of sp³-hybridized carbons (Fsp3) is 0.222. The molecule has 0 bridgehead atoms. The van der Waals surface area contributed by atoms with Gasteiger partial charge in [-0.2, -0.15) is 5.26 Å². The number of rotatable bonds is 2. The summed E-state index contributed by atoms with van der Waals surface area (Å²) in [6, 6.07) is 7.79. The predicted octanol–water partition coefficient (Wildman–Crippen LogP) is 3.56. The predicted molar refractivity (Wildman–Crippen MR) is 53.1 cm³/mol. The van der Waals surface area contributed by atoms with E-state index in [0.29, 0.717) is 6.42 Å². The number of nitrogens with zero attached hydrogens (tertiary/aromatic N) is 1. The topological polar surface area (TPSA) is 23.8 Å². The summed E-state index contributed by atoms with van der Waals surface area (Å²) in [5, 5.41) is 9.09. The highest BCUT2D eigenvalue weighted by molar-refractivity contribution is 9.10. The first-order chi connectivity index (χ1) is 5.74. The van der Waals surface area contributed by atoms with E-state index < -0.39 is 0 Å². The van der Waals surface area contributed by atoms with Crippen LogP contribution in [-0.2, 0) is 6.42 Å². The van der Waals surface area contributed by atoms with Crippen molar-refractivity contribution in [3.05, 3.63) is 33.3 Å². The van der Waals surface area contributed by atoms with Crippen molar-refractivity contribution in [3.63, 3.8) is 0 Å². The molecule has 12 heavy (non-hydrogen) atoms. The van der Waals surface area contributed by atoms with Gasteiger partial charge in [-0.1, -0.05) is 33.6 Å². The van der Waals surface area contributed by atoms with Gasteiger partial charge >= 0.3 is 0 Å². The van der Waals surface area contributed by atoms with Gasteiger partial charge in [-0.15, -0.1) is 0 Å². The van der Waals surface area contributed by atoms with Crippen LogP contribution in [-0.4, -0.2) is 0 Å². The maximum atomic E-state index is 8.37. The SMILES string of the molecule is N#CCCc1ccc(Br)cc1Cl. The summed E-state index contributed by atoms with van der Waals surface area (Å²) in [5.41, 5.74) is 1.03. The summed E-state index contributed by atoms with van der Waals surface area (Å²) >= 11 is 9.24. The van der Waals surface area contributed by atoms with E-state index in [9.17, 15) is 0 Å². The molecule has 1 nitrogen and oxygen atoms in total. The Morgan fingerprint density at radius 2 is 2.25 bits per heavy atom. The van der Waals surface area contributed by atoms with Crippen molar-refractivity contribution >= 4 is 27.5 Å². The van der Waals surface area contributed by atoms with Crippen LogP contribution in [0, 0.1) is 11.3 Å². The van der Waals surface area contributed by atoms with Gasteiger partial charge in [0, 0.05) is 15.9 Å². The molecule has 0 amide bonds. The van der Waals surface area contributed by atoms with Crippen LogP contribution >= 0.6 is 27.5 Å². The van der Waals surface area contributed by atoms with Crippen LogP contribution in [0.2, 0.25) is 5.02 Å². The minimum Gasteiger partial charge on any atom is -0.198 e. The number of benzene rings is 1. The fourth-order valence-electron chi connectivity index (χ4n) is 0.915. The Morgan fingerprint density at radius 3 is 2.83 bits per heavy atom. The minimum absolute atomic E-state index is 0.515. The summed E-state index contributed by atoms with van der Waals surface area (Å²) in [6.45, 7) is 0. The lowest BCUT2D eigenvalue weighted by Gasteiger charge is -2.00. The smallest absolute Gasteiger partial charge is 0.0625 e. The van der Waals surface area contributed by atoms with E-state index in [0.717, 1.165) is 21.5 Å². The monoisotopic (exact) mass is 243 g/mol. The van der Waals surface area contributed by atoms with Crippen molar-refractivity contribution < 1.29 is 0 Å². The second-order valence-corrected chi connectivity index (χ2v) is 3.72. The first-order valence-electron chi connectivity index (χ1n) is 3.55. The molecule has 0 N–H and O–H groups in total.